The van der Waals surface area contributed by atoms with Crippen molar-refractivity contribution in [3.63, 3.8) is 0 Å². The number of hydrogen-bond acceptors (Lipinski definition) is 7. The van der Waals surface area contributed by atoms with Gasteiger partial charge in [0.05, 0.1) is 0 Å². The van der Waals surface area contributed by atoms with Crippen LogP contribution >= 0.6 is 0 Å². The van der Waals surface area contributed by atoms with Crippen LogP contribution in [-0.2, 0) is 17.6 Å². The number of nitrogens with two attached hydrogens (primary N) is 1. The molecule has 3 aromatic rings. The minimum atomic E-state index is -0.284. The van der Waals surface area contributed by atoms with Gasteiger partial charge in [-0.3, -0.25) is 0 Å². The SMILES string of the molecule is NC1=NC2(CCc3c(-c4cncnc4)ccc(-c4cncnc4)c3C2)CO1. The fourth-order valence-corrected chi connectivity index (χ4v) is 4.10. The van der Waals surface area contributed by atoms with E-state index in [1.54, 1.807) is 12.7 Å². The minimum Gasteiger partial charge on any atom is -0.463 e. The normalized spacial score (nSPS) is 20.8. The molecule has 1 unspecified atom stereocenters. The quantitative estimate of drug-likeness (QED) is 0.754. The van der Waals surface area contributed by atoms with Gasteiger partial charge in [-0.1, -0.05) is 12.1 Å². The Morgan fingerprint density at radius 2 is 1.44 bits per heavy atom. The molecule has 0 fully saturated rings. The van der Waals surface area contributed by atoms with E-state index in [1.165, 1.54) is 11.1 Å². The number of amidine groups is 1. The minimum absolute atomic E-state index is 0.284. The number of rotatable bonds is 2. The molecule has 7 nitrogen and oxygen atoms in total. The third kappa shape index (κ3) is 2.71. The third-order valence-electron chi connectivity index (χ3n) is 5.36. The van der Waals surface area contributed by atoms with E-state index in [2.05, 4.69) is 37.1 Å². The van der Waals surface area contributed by atoms with Gasteiger partial charge in [0.2, 0.25) is 0 Å². The second-order valence-corrected chi connectivity index (χ2v) is 7.01. The van der Waals surface area contributed by atoms with Crippen molar-refractivity contribution in [2.45, 2.75) is 24.8 Å². The summed E-state index contributed by atoms with van der Waals surface area (Å²) in [5.74, 6) is 0. The maximum Gasteiger partial charge on any atom is 0.282 e. The summed E-state index contributed by atoms with van der Waals surface area (Å²) in [5, 5.41) is 0. The number of ether oxygens (including phenoxy) is 1. The first kappa shape index (κ1) is 15.9. The lowest BCUT2D eigenvalue weighted by molar-refractivity contribution is 0.235. The topological polar surface area (TPSA) is 99.2 Å². The summed E-state index contributed by atoms with van der Waals surface area (Å²) in [6.45, 7) is 0.529. The lowest BCUT2D eigenvalue weighted by Gasteiger charge is -2.33. The Balaban J connectivity index is 1.69. The van der Waals surface area contributed by atoms with E-state index in [4.69, 9.17) is 10.5 Å². The molecule has 1 aliphatic heterocycles. The van der Waals surface area contributed by atoms with Gasteiger partial charge < -0.3 is 10.5 Å². The highest BCUT2D eigenvalue weighted by Crippen LogP contribution is 2.42. The summed E-state index contributed by atoms with van der Waals surface area (Å²) < 4.78 is 5.50. The lowest BCUT2D eigenvalue weighted by Crippen LogP contribution is -2.36. The molecule has 27 heavy (non-hydrogen) atoms. The Morgan fingerprint density at radius 1 is 0.852 bits per heavy atom. The molecule has 1 atom stereocenters. The molecule has 2 N–H and O–H groups in total. The van der Waals surface area contributed by atoms with Gasteiger partial charge in [0.15, 0.2) is 0 Å². The standard InChI is InChI=1S/C20H18N6O/c21-19-26-20(10-27-19)4-3-17-15(13-6-22-11-23-7-13)1-2-16(18(17)5-20)14-8-24-12-25-9-14/h1-2,6-9,11-12H,3-5,10H2,(H2,21,26). The van der Waals surface area contributed by atoms with Crippen molar-refractivity contribution < 1.29 is 4.74 Å². The zero-order chi connectivity index (χ0) is 18.3. The number of aliphatic imine (C=N–C) groups is 1. The maximum atomic E-state index is 5.82. The van der Waals surface area contributed by atoms with E-state index >= 15 is 0 Å². The second kappa shape index (κ2) is 6.12. The van der Waals surface area contributed by atoms with Gasteiger partial charge in [0.25, 0.3) is 6.02 Å². The summed E-state index contributed by atoms with van der Waals surface area (Å²) in [7, 11) is 0. The Bertz CT molecular complexity index is 1020. The van der Waals surface area contributed by atoms with Crippen LogP contribution in [0.1, 0.15) is 17.5 Å². The first-order valence-electron chi connectivity index (χ1n) is 8.88. The highest BCUT2D eigenvalue weighted by atomic mass is 16.5. The molecule has 2 aromatic heterocycles. The third-order valence-corrected chi connectivity index (χ3v) is 5.36. The second-order valence-electron chi connectivity index (χ2n) is 7.01. The molecule has 0 radical (unpaired) electrons. The fourth-order valence-electron chi connectivity index (χ4n) is 4.10. The molecule has 1 spiro atoms. The van der Waals surface area contributed by atoms with Crippen molar-refractivity contribution in [2.24, 2.45) is 10.7 Å². The van der Waals surface area contributed by atoms with Crippen LogP contribution in [0.25, 0.3) is 22.3 Å². The van der Waals surface area contributed by atoms with Crippen molar-refractivity contribution in [1.82, 2.24) is 19.9 Å². The molecular weight excluding hydrogens is 340 g/mol. The van der Waals surface area contributed by atoms with Gasteiger partial charge >= 0.3 is 0 Å². The molecule has 2 aliphatic rings. The molecule has 3 heterocycles. The van der Waals surface area contributed by atoms with Crippen molar-refractivity contribution in [1.29, 1.82) is 0 Å². The molecule has 1 aliphatic carbocycles. The van der Waals surface area contributed by atoms with Crippen molar-refractivity contribution in [3.05, 3.63) is 60.7 Å². The van der Waals surface area contributed by atoms with Crippen LogP contribution in [0.5, 0.6) is 0 Å². The van der Waals surface area contributed by atoms with Gasteiger partial charge in [0.1, 0.15) is 24.8 Å². The van der Waals surface area contributed by atoms with E-state index in [0.717, 1.165) is 41.5 Å². The molecule has 0 saturated heterocycles. The summed E-state index contributed by atoms with van der Waals surface area (Å²) >= 11 is 0. The Labute approximate surface area is 156 Å². The van der Waals surface area contributed by atoms with Gasteiger partial charge in [-0.15, -0.1) is 0 Å². The number of fused-ring (bicyclic) bond motifs is 1. The van der Waals surface area contributed by atoms with Crippen LogP contribution in [0.4, 0.5) is 0 Å². The Hall–Kier alpha value is -3.35. The van der Waals surface area contributed by atoms with Gasteiger partial charge in [-0.2, -0.15) is 0 Å². The molecule has 0 bridgehead atoms. The van der Waals surface area contributed by atoms with Gasteiger partial charge in [-0.25, -0.2) is 24.9 Å². The largest absolute Gasteiger partial charge is 0.463 e. The summed E-state index contributed by atoms with van der Waals surface area (Å²) in [6.07, 6.45) is 13.1. The monoisotopic (exact) mass is 358 g/mol. The molecular formula is C20H18N6O. The van der Waals surface area contributed by atoms with Gasteiger partial charge in [-0.05, 0) is 35.1 Å². The molecule has 5 rings (SSSR count). The summed E-state index contributed by atoms with van der Waals surface area (Å²) in [6, 6.07) is 4.55. The molecule has 0 amide bonds. The van der Waals surface area contributed by atoms with E-state index in [9.17, 15) is 0 Å². The molecule has 7 heteroatoms. The van der Waals surface area contributed by atoms with E-state index in [1.807, 2.05) is 24.8 Å². The van der Waals surface area contributed by atoms with Crippen molar-refractivity contribution in [2.75, 3.05) is 6.61 Å². The van der Waals surface area contributed by atoms with Crippen LogP contribution in [0.15, 0.2) is 54.6 Å². The molecule has 0 saturated carbocycles. The predicted octanol–water partition coefficient (Wildman–Crippen LogP) is 2.17. The predicted molar refractivity (Wildman–Crippen MR) is 101 cm³/mol. The first-order valence-corrected chi connectivity index (χ1v) is 8.88. The van der Waals surface area contributed by atoms with Crippen molar-refractivity contribution in [3.8, 4) is 22.3 Å². The van der Waals surface area contributed by atoms with Crippen LogP contribution in [0, 0.1) is 0 Å². The molecule has 134 valence electrons. The van der Waals surface area contributed by atoms with Crippen LogP contribution in [0.3, 0.4) is 0 Å². The average Bonchev–Trinajstić information content (AvgIpc) is 3.08. The number of nitrogens with zero attached hydrogens (tertiary/aromatic N) is 5. The first-order chi connectivity index (χ1) is 13.2. The Morgan fingerprint density at radius 3 is 2.00 bits per heavy atom. The number of hydrogen-bond donors (Lipinski definition) is 1. The number of aromatic nitrogens is 4. The highest BCUT2D eigenvalue weighted by Gasteiger charge is 2.40. The highest BCUT2D eigenvalue weighted by molar-refractivity contribution is 5.78. The summed E-state index contributed by atoms with van der Waals surface area (Å²) in [5.41, 5.74) is 12.4. The van der Waals surface area contributed by atoms with Crippen LogP contribution in [-0.4, -0.2) is 38.1 Å². The Kier molecular flexibility index (Phi) is 3.60. The van der Waals surface area contributed by atoms with Crippen LogP contribution < -0.4 is 5.73 Å². The van der Waals surface area contributed by atoms with E-state index < -0.39 is 0 Å². The smallest absolute Gasteiger partial charge is 0.282 e. The van der Waals surface area contributed by atoms with Gasteiger partial charge in [0, 0.05) is 42.3 Å². The maximum absolute atomic E-state index is 5.82. The number of benzene rings is 1. The summed E-state index contributed by atoms with van der Waals surface area (Å²) in [4.78, 5) is 21.4. The zero-order valence-corrected chi connectivity index (χ0v) is 14.7. The molecule has 1 aromatic carbocycles. The lowest BCUT2D eigenvalue weighted by atomic mass is 9.74. The van der Waals surface area contributed by atoms with Crippen LogP contribution in [0.2, 0.25) is 0 Å². The fraction of sp³-hybridized carbons (Fsp3) is 0.250. The van der Waals surface area contributed by atoms with E-state index in [-0.39, 0.29) is 11.6 Å². The zero-order valence-electron chi connectivity index (χ0n) is 14.7. The van der Waals surface area contributed by atoms with Crippen molar-refractivity contribution >= 4 is 6.02 Å². The van der Waals surface area contributed by atoms with E-state index in [0.29, 0.717) is 6.61 Å². The average molecular weight is 358 g/mol.